The molecular weight excluding hydrogens is 482 g/mol. The van der Waals surface area contributed by atoms with Crippen LogP contribution < -0.4 is 19.1 Å². The zero-order chi connectivity index (χ0) is 26.5. The first-order chi connectivity index (χ1) is 17.0. The van der Waals surface area contributed by atoms with Crippen LogP contribution in [0.4, 0.5) is 5.69 Å². The number of sulfonamides is 1. The Morgan fingerprint density at radius 1 is 1.06 bits per heavy atom. The summed E-state index contributed by atoms with van der Waals surface area (Å²) in [5, 5.41) is 2.96. The lowest BCUT2D eigenvalue weighted by Gasteiger charge is -2.33. The number of aryl methyl sites for hydroxylation is 1. The Labute approximate surface area is 213 Å². The fraction of sp³-hybridized carbons (Fsp3) is 0.462. The van der Waals surface area contributed by atoms with Crippen molar-refractivity contribution in [2.45, 2.75) is 59.2 Å². The van der Waals surface area contributed by atoms with Crippen LogP contribution in [-0.4, -0.2) is 56.8 Å². The number of nitrogens with zero attached hydrogens (tertiary/aromatic N) is 2. The standard InChI is InChI=1S/C26H35N3O6S/c1-6-19(4)27-26(31)22(7-2)28(15-20-11-9-8-10-18(20)3)25(30)16-29(36(5,32)33)21-12-13-23-24(14-21)35-17-34-23/h8-14,19,22H,6-7,15-17H2,1-5H3,(H,27,31)/t19-,22-/m1/s1. The van der Waals surface area contributed by atoms with Crippen molar-refractivity contribution in [3.63, 3.8) is 0 Å². The van der Waals surface area contributed by atoms with Gasteiger partial charge in [-0.1, -0.05) is 38.1 Å². The molecule has 2 aromatic carbocycles. The number of carbonyl (C=O) groups excluding carboxylic acids is 2. The first kappa shape index (κ1) is 27.3. The predicted molar refractivity (Wildman–Crippen MR) is 138 cm³/mol. The van der Waals surface area contributed by atoms with Gasteiger partial charge in [0.05, 0.1) is 11.9 Å². The van der Waals surface area contributed by atoms with Crippen molar-refractivity contribution < 1.29 is 27.5 Å². The topological polar surface area (TPSA) is 105 Å². The highest BCUT2D eigenvalue weighted by Crippen LogP contribution is 2.36. The van der Waals surface area contributed by atoms with E-state index >= 15 is 0 Å². The predicted octanol–water partition coefficient (Wildman–Crippen LogP) is 3.21. The minimum absolute atomic E-state index is 0.0459. The number of amides is 2. The van der Waals surface area contributed by atoms with Gasteiger partial charge in [0, 0.05) is 18.7 Å². The quantitative estimate of drug-likeness (QED) is 0.491. The molecule has 10 heteroatoms. The van der Waals surface area contributed by atoms with Gasteiger partial charge in [0.15, 0.2) is 11.5 Å². The molecule has 0 aromatic heterocycles. The third-order valence-corrected chi connectivity index (χ3v) is 7.45. The number of ether oxygens (including phenoxy) is 2. The SMILES string of the molecule is CC[C@@H](C)NC(=O)[C@@H](CC)N(Cc1ccccc1C)C(=O)CN(c1ccc2c(c1)OCO2)S(C)(=O)=O. The van der Waals surface area contributed by atoms with Gasteiger partial charge < -0.3 is 19.7 Å². The first-order valence-corrected chi connectivity index (χ1v) is 13.9. The van der Waals surface area contributed by atoms with Gasteiger partial charge in [0.2, 0.25) is 28.6 Å². The molecule has 1 N–H and O–H groups in total. The second-order valence-electron chi connectivity index (χ2n) is 9.00. The minimum atomic E-state index is -3.83. The summed E-state index contributed by atoms with van der Waals surface area (Å²) in [6.45, 7) is 7.41. The van der Waals surface area contributed by atoms with E-state index in [1.165, 1.54) is 11.0 Å². The largest absolute Gasteiger partial charge is 0.454 e. The zero-order valence-electron chi connectivity index (χ0n) is 21.5. The summed E-state index contributed by atoms with van der Waals surface area (Å²) in [6.07, 6.45) is 2.17. The summed E-state index contributed by atoms with van der Waals surface area (Å²) in [7, 11) is -3.83. The van der Waals surface area contributed by atoms with Crippen LogP contribution in [0.3, 0.4) is 0 Å². The highest BCUT2D eigenvalue weighted by molar-refractivity contribution is 7.92. The summed E-state index contributed by atoms with van der Waals surface area (Å²) >= 11 is 0. The van der Waals surface area contributed by atoms with E-state index in [0.717, 1.165) is 28.1 Å². The average Bonchev–Trinajstić information content (AvgIpc) is 3.30. The molecule has 0 saturated carbocycles. The molecular formula is C26H35N3O6S. The van der Waals surface area contributed by atoms with Crippen molar-refractivity contribution >= 4 is 27.5 Å². The van der Waals surface area contributed by atoms with Gasteiger partial charge in [0.1, 0.15) is 12.6 Å². The number of rotatable bonds is 11. The van der Waals surface area contributed by atoms with Gasteiger partial charge in [-0.15, -0.1) is 0 Å². The number of carbonyl (C=O) groups is 2. The highest BCUT2D eigenvalue weighted by Gasteiger charge is 2.32. The maximum atomic E-state index is 13.8. The molecule has 36 heavy (non-hydrogen) atoms. The second kappa shape index (κ2) is 11.6. The van der Waals surface area contributed by atoms with Gasteiger partial charge >= 0.3 is 0 Å². The third-order valence-electron chi connectivity index (χ3n) is 6.31. The monoisotopic (exact) mass is 517 g/mol. The molecule has 1 aliphatic rings. The third kappa shape index (κ3) is 6.48. The molecule has 0 fully saturated rings. The van der Waals surface area contributed by atoms with Crippen molar-refractivity contribution in [3.05, 3.63) is 53.6 Å². The van der Waals surface area contributed by atoms with Gasteiger partial charge in [-0.25, -0.2) is 8.42 Å². The molecule has 0 spiro atoms. The fourth-order valence-corrected chi connectivity index (χ4v) is 4.83. The summed E-state index contributed by atoms with van der Waals surface area (Å²) in [5.74, 6) is 0.174. The lowest BCUT2D eigenvalue weighted by molar-refractivity contribution is -0.140. The summed E-state index contributed by atoms with van der Waals surface area (Å²) in [5.41, 5.74) is 2.14. The van der Waals surface area contributed by atoms with Crippen molar-refractivity contribution in [2.75, 3.05) is 23.9 Å². The first-order valence-electron chi connectivity index (χ1n) is 12.1. The van der Waals surface area contributed by atoms with Crippen molar-refractivity contribution in [1.82, 2.24) is 10.2 Å². The number of nitrogens with one attached hydrogen (secondary N) is 1. The van der Waals surface area contributed by atoms with Crippen LogP contribution in [0.15, 0.2) is 42.5 Å². The number of fused-ring (bicyclic) bond motifs is 1. The van der Waals surface area contributed by atoms with Crippen LogP contribution in [0.5, 0.6) is 11.5 Å². The van der Waals surface area contributed by atoms with Crippen molar-refractivity contribution in [2.24, 2.45) is 0 Å². The van der Waals surface area contributed by atoms with E-state index in [4.69, 9.17) is 9.47 Å². The van der Waals surface area contributed by atoms with Gasteiger partial charge in [0.25, 0.3) is 0 Å². The Hall–Kier alpha value is -3.27. The number of hydrogen-bond donors (Lipinski definition) is 1. The van der Waals surface area contributed by atoms with Crippen LogP contribution in [0.1, 0.15) is 44.7 Å². The van der Waals surface area contributed by atoms with Gasteiger partial charge in [-0.3, -0.25) is 13.9 Å². The molecule has 2 amide bonds. The van der Waals surface area contributed by atoms with E-state index in [1.54, 1.807) is 12.1 Å². The smallest absolute Gasteiger partial charge is 0.244 e. The van der Waals surface area contributed by atoms with E-state index in [2.05, 4.69) is 5.32 Å². The van der Waals surface area contributed by atoms with E-state index in [0.29, 0.717) is 17.9 Å². The summed E-state index contributed by atoms with van der Waals surface area (Å²) in [6, 6.07) is 11.5. The lowest BCUT2D eigenvalue weighted by Crippen LogP contribution is -2.53. The Morgan fingerprint density at radius 3 is 2.39 bits per heavy atom. The molecule has 0 saturated heterocycles. The molecule has 2 aromatic rings. The number of anilines is 1. The zero-order valence-corrected chi connectivity index (χ0v) is 22.3. The fourth-order valence-electron chi connectivity index (χ4n) is 3.99. The normalized spacial score (nSPS) is 14.1. The van der Waals surface area contributed by atoms with Crippen LogP contribution in [0, 0.1) is 6.92 Å². The minimum Gasteiger partial charge on any atom is -0.454 e. The number of hydrogen-bond acceptors (Lipinski definition) is 6. The Morgan fingerprint density at radius 2 is 1.75 bits per heavy atom. The van der Waals surface area contributed by atoms with E-state index in [-0.39, 0.29) is 31.0 Å². The lowest BCUT2D eigenvalue weighted by atomic mass is 10.1. The van der Waals surface area contributed by atoms with Gasteiger partial charge in [-0.05, 0) is 49.9 Å². The maximum Gasteiger partial charge on any atom is 0.244 e. The summed E-state index contributed by atoms with van der Waals surface area (Å²) < 4.78 is 37.3. The van der Waals surface area contributed by atoms with Crippen LogP contribution in [0.25, 0.3) is 0 Å². The molecule has 0 unspecified atom stereocenters. The Bertz CT molecular complexity index is 1200. The van der Waals surface area contributed by atoms with Crippen LogP contribution in [0.2, 0.25) is 0 Å². The molecule has 1 aliphatic heterocycles. The van der Waals surface area contributed by atoms with E-state index in [1.807, 2.05) is 52.0 Å². The molecule has 2 atom stereocenters. The van der Waals surface area contributed by atoms with Crippen molar-refractivity contribution in [3.8, 4) is 11.5 Å². The number of benzene rings is 2. The molecule has 0 radical (unpaired) electrons. The summed E-state index contributed by atoms with van der Waals surface area (Å²) in [4.78, 5) is 28.4. The van der Waals surface area contributed by atoms with Crippen molar-refractivity contribution in [1.29, 1.82) is 0 Å². The molecule has 0 bridgehead atoms. The van der Waals surface area contributed by atoms with E-state index < -0.39 is 28.5 Å². The molecule has 1 heterocycles. The van der Waals surface area contributed by atoms with Crippen LogP contribution >= 0.6 is 0 Å². The molecule has 3 rings (SSSR count). The van der Waals surface area contributed by atoms with Gasteiger partial charge in [-0.2, -0.15) is 0 Å². The maximum absolute atomic E-state index is 13.8. The molecule has 0 aliphatic carbocycles. The Balaban J connectivity index is 1.96. The molecule has 196 valence electrons. The average molecular weight is 518 g/mol. The highest BCUT2D eigenvalue weighted by atomic mass is 32.2. The van der Waals surface area contributed by atoms with Crippen LogP contribution in [-0.2, 0) is 26.2 Å². The second-order valence-corrected chi connectivity index (χ2v) is 10.9. The van der Waals surface area contributed by atoms with E-state index in [9.17, 15) is 18.0 Å². The Kier molecular flexibility index (Phi) is 8.84. The molecule has 9 nitrogen and oxygen atoms in total.